The molecule has 0 saturated carbocycles. The molecule has 0 radical (unpaired) electrons. The normalized spacial score (nSPS) is 14.6. The highest BCUT2D eigenvalue weighted by Gasteiger charge is 2.16. The third-order valence-corrected chi connectivity index (χ3v) is 5.53. The molecule has 31 heavy (non-hydrogen) atoms. The van der Waals surface area contributed by atoms with Crippen molar-refractivity contribution >= 4 is 29.3 Å². The summed E-state index contributed by atoms with van der Waals surface area (Å²) >= 11 is 6.28. The van der Waals surface area contributed by atoms with Crippen LogP contribution in [0.25, 0.3) is 6.08 Å². The lowest BCUT2D eigenvalue weighted by molar-refractivity contribution is -0.116. The van der Waals surface area contributed by atoms with Gasteiger partial charge < -0.3 is 24.6 Å². The second-order valence-corrected chi connectivity index (χ2v) is 7.84. The summed E-state index contributed by atoms with van der Waals surface area (Å²) in [6.45, 7) is 6.91. The molecule has 1 aliphatic heterocycles. The number of piperazine rings is 1. The lowest BCUT2D eigenvalue weighted by Crippen LogP contribution is -2.45. The maximum Gasteiger partial charge on any atom is 0.244 e. The first-order valence-corrected chi connectivity index (χ1v) is 10.9. The lowest BCUT2D eigenvalue weighted by Gasteiger charge is -2.35. The van der Waals surface area contributed by atoms with Crippen LogP contribution in [0.1, 0.15) is 18.1 Å². The molecule has 1 aliphatic rings. The molecule has 2 aromatic rings. The van der Waals surface area contributed by atoms with Crippen LogP contribution in [-0.4, -0.2) is 57.8 Å². The van der Waals surface area contributed by atoms with Crippen molar-refractivity contribution in [1.29, 1.82) is 0 Å². The zero-order valence-electron chi connectivity index (χ0n) is 18.4. The van der Waals surface area contributed by atoms with Crippen molar-refractivity contribution in [2.24, 2.45) is 0 Å². The minimum absolute atomic E-state index is 0.168. The van der Waals surface area contributed by atoms with E-state index in [1.165, 1.54) is 11.8 Å². The molecule has 6 nitrogen and oxygen atoms in total. The van der Waals surface area contributed by atoms with Crippen molar-refractivity contribution in [1.82, 2.24) is 10.2 Å². The zero-order chi connectivity index (χ0) is 22.2. The van der Waals surface area contributed by atoms with Crippen LogP contribution < -0.4 is 19.7 Å². The van der Waals surface area contributed by atoms with Gasteiger partial charge in [-0.05, 0) is 49.4 Å². The van der Waals surface area contributed by atoms with Gasteiger partial charge in [-0.15, -0.1) is 0 Å². The molecular formula is C24H30ClN3O3. The van der Waals surface area contributed by atoms with E-state index >= 15 is 0 Å². The average Bonchev–Trinajstić information content (AvgIpc) is 2.77. The smallest absolute Gasteiger partial charge is 0.244 e. The van der Waals surface area contributed by atoms with E-state index in [1.54, 1.807) is 25.3 Å². The van der Waals surface area contributed by atoms with E-state index in [-0.39, 0.29) is 5.91 Å². The molecule has 7 heteroatoms. The molecule has 0 aliphatic carbocycles. The molecule has 1 amide bonds. The average molecular weight is 444 g/mol. The van der Waals surface area contributed by atoms with Crippen molar-refractivity contribution in [3.63, 3.8) is 0 Å². The Morgan fingerprint density at radius 3 is 2.65 bits per heavy atom. The van der Waals surface area contributed by atoms with Crippen LogP contribution >= 0.6 is 11.6 Å². The Hall–Kier alpha value is -2.70. The van der Waals surface area contributed by atoms with Gasteiger partial charge in [-0.25, -0.2) is 0 Å². The van der Waals surface area contributed by atoms with Gasteiger partial charge in [0.2, 0.25) is 5.91 Å². The topological polar surface area (TPSA) is 54.0 Å². The number of nitrogens with one attached hydrogen (secondary N) is 1. The van der Waals surface area contributed by atoms with Gasteiger partial charge in [-0.1, -0.05) is 29.8 Å². The van der Waals surface area contributed by atoms with E-state index in [1.807, 2.05) is 19.1 Å². The van der Waals surface area contributed by atoms with Crippen LogP contribution in [0.5, 0.6) is 11.5 Å². The van der Waals surface area contributed by atoms with Gasteiger partial charge in [0.15, 0.2) is 11.5 Å². The number of nitrogens with zero attached hydrogens (tertiary/aromatic N) is 2. The summed E-state index contributed by atoms with van der Waals surface area (Å²) in [5.41, 5.74) is 3.06. The van der Waals surface area contributed by atoms with Gasteiger partial charge >= 0.3 is 0 Å². The van der Waals surface area contributed by atoms with Crippen LogP contribution in [0.15, 0.2) is 42.5 Å². The summed E-state index contributed by atoms with van der Waals surface area (Å²) in [4.78, 5) is 17.1. The second kappa shape index (κ2) is 11.1. The van der Waals surface area contributed by atoms with Gasteiger partial charge in [0.1, 0.15) is 0 Å². The number of amides is 1. The zero-order valence-corrected chi connectivity index (χ0v) is 19.1. The van der Waals surface area contributed by atoms with Crippen molar-refractivity contribution in [3.05, 3.63) is 58.6 Å². The van der Waals surface area contributed by atoms with Crippen LogP contribution in [0.3, 0.4) is 0 Å². The first kappa shape index (κ1) is 23.0. The van der Waals surface area contributed by atoms with Crippen LogP contribution in [0.4, 0.5) is 5.69 Å². The monoisotopic (exact) mass is 443 g/mol. The van der Waals surface area contributed by atoms with Crippen molar-refractivity contribution in [2.75, 3.05) is 51.8 Å². The fraction of sp³-hybridized carbons (Fsp3) is 0.375. The van der Waals surface area contributed by atoms with Gasteiger partial charge in [-0.3, -0.25) is 4.79 Å². The van der Waals surface area contributed by atoms with Gasteiger partial charge in [0, 0.05) is 44.5 Å². The number of para-hydroxylation sites is 1. The number of methoxy groups -OCH3 is 1. The summed E-state index contributed by atoms with van der Waals surface area (Å²) < 4.78 is 10.9. The van der Waals surface area contributed by atoms with E-state index in [9.17, 15) is 4.79 Å². The number of carbonyl (C=O) groups is 1. The predicted octanol–water partition coefficient (Wildman–Crippen LogP) is 3.83. The van der Waals surface area contributed by atoms with Gasteiger partial charge in [-0.2, -0.15) is 0 Å². The maximum atomic E-state index is 12.4. The predicted molar refractivity (Wildman–Crippen MR) is 126 cm³/mol. The van der Waals surface area contributed by atoms with Crippen molar-refractivity contribution in [2.45, 2.75) is 13.5 Å². The molecule has 0 spiro atoms. The summed E-state index contributed by atoms with van der Waals surface area (Å²) in [5, 5.41) is 3.42. The Kier molecular flexibility index (Phi) is 8.20. The third-order valence-electron chi connectivity index (χ3n) is 5.25. The Morgan fingerprint density at radius 1 is 1.19 bits per heavy atom. The Bertz CT molecular complexity index is 924. The van der Waals surface area contributed by atoms with Crippen LogP contribution in [0, 0.1) is 0 Å². The van der Waals surface area contributed by atoms with E-state index in [4.69, 9.17) is 21.1 Å². The van der Waals surface area contributed by atoms with Crippen LogP contribution in [-0.2, 0) is 11.3 Å². The Balaban J connectivity index is 1.64. The number of carbonyl (C=O) groups excluding carboxylic acids is 1. The molecule has 1 heterocycles. The van der Waals surface area contributed by atoms with Gasteiger partial charge in [0.25, 0.3) is 0 Å². The number of hydrogen-bond acceptors (Lipinski definition) is 5. The minimum Gasteiger partial charge on any atom is -0.491 e. The SMILES string of the molecule is CCOc1cc(/C=C/C(=O)NCc2ccccc2N2CCN(C)CC2)cc(Cl)c1OC. The molecule has 3 rings (SSSR count). The summed E-state index contributed by atoms with van der Waals surface area (Å²) in [7, 11) is 3.69. The molecule has 1 N–H and O–H groups in total. The maximum absolute atomic E-state index is 12.4. The van der Waals surface area contributed by atoms with E-state index in [0.29, 0.717) is 29.7 Å². The van der Waals surface area contributed by atoms with Crippen molar-refractivity contribution < 1.29 is 14.3 Å². The number of halogens is 1. The second-order valence-electron chi connectivity index (χ2n) is 7.44. The summed E-state index contributed by atoms with van der Waals surface area (Å²) in [6, 6.07) is 11.8. The summed E-state index contributed by atoms with van der Waals surface area (Å²) in [5.74, 6) is 0.877. The first-order valence-electron chi connectivity index (χ1n) is 10.5. The lowest BCUT2D eigenvalue weighted by atomic mass is 10.1. The fourth-order valence-electron chi connectivity index (χ4n) is 3.57. The molecule has 2 aromatic carbocycles. The Labute approximate surface area is 189 Å². The van der Waals surface area contributed by atoms with Gasteiger partial charge in [0.05, 0.1) is 18.7 Å². The standard InChI is InChI=1S/C24H30ClN3O3/c1-4-31-22-16-18(15-20(25)24(22)30-3)9-10-23(29)26-17-19-7-5-6-8-21(19)28-13-11-27(2)12-14-28/h5-10,15-16H,4,11-14,17H2,1-3H3,(H,26,29)/b10-9+. The first-order chi connectivity index (χ1) is 15.0. The fourth-order valence-corrected chi connectivity index (χ4v) is 3.87. The molecule has 1 saturated heterocycles. The van der Waals surface area contributed by atoms with E-state index in [2.05, 4.69) is 34.3 Å². The number of hydrogen-bond donors (Lipinski definition) is 1. The summed E-state index contributed by atoms with van der Waals surface area (Å²) in [6.07, 6.45) is 3.22. The molecule has 1 fully saturated rings. The molecule has 0 atom stereocenters. The van der Waals surface area contributed by atoms with Crippen molar-refractivity contribution in [3.8, 4) is 11.5 Å². The highest BCUT2D eigenvalue weighted by Crippen LogP contribution is 2.36. The van der Waals surface area contributed by atoms with E-state index < -0.39 is 0 Å². The molecular weight excluding hydrogens is 414 g/mol. The minimum atomic E-state index is -0.168. The number of benzene rings is 2. The number of anilines is 1. The van der Waals surface area contributed by atoms with Crippen LogP contribution in [0.2, 0.25) is 5.02 Å². The Morgan fingerprint density at radius 2 is 1.94 bits per heavy atom. The van der Waals surface area contributed by atoms with E-state index in [0.717, 1.165) is 37.3 Å². The third kappa shape index (κ3) is 6.15. The highest BCUT2D eigenvalue weighted by molar-refractivity contribution is 6.32. The number of likely N-dealkylation sites (N-methyl/N-ethyl adjacent to an activating group) is 1. The number of rotatable bonds is 8. The quantitative estimate of drug-likeness (QED) is 0.628. The largest absolute Gasteiger partial charge is 0.491 e. The molecule has 166 valence electrons. The molecule has 0 aromatic heterocycles. The number of ether oxygens (including phenoxy) is 2. The highest BCUT2D eigenvalue weighted by atomic mass is 35.5. The molecule has 0 bridgehead atoms. The molecule has 0 unspecified atom stereocenters.